The van der Waals surface area contributed by atoms with E-state index in [2.05, 4.69) is 10.2 Å². The van der Waals surface area contributed by atoms with Crippen molar-refractivity contribution in [1.82, 2.24) is 10.2 Å². The lowest BCUT2D eigenvalue weighted by molar-refractivity contribution is -0.126. The van der Waals surface area contributed by atoms with Crippen LogP contribution >= 0.6 is 0 Å². The molecule has 2 heterocycles. The van der Waals surface area contributed by atoms with Gasteiger partial charge in [0.2, 0.25) is 5.91 Å². The summed E-state index contributed by atoms with van der Waals surface area (Å²) in [5.74, 6) is -0.188. The Bertz CT molecular complexity index is 244. The largest absolute Gasteiger partial charge is 0.368 e. The van der Waals surface area contributed by atoms with Gasteiger partial charge in [-0.05, 0) is 39.3 Å². The Morgan fingerprint density at radius 1 is 1.57 bits per heavy atom. The number of nitrogens with zero attached hydrogens (tertiary/aromatic N) is 1. The molecule has 0 radical (unpaired) electrons. The number of nitrogens with two attached hydrogens (primary N) is 1. The van der Waals surface area contributed by atoms with Gasteiger partial charge in [-0.2, -0.15) is 0 Å². The van der Waals surface area contributed by atoms with Gasteiger partial charge in [0.15, 0.2) is 0 Å². The molecule has 80 valence electrons. The maximum absolute atomic E-state index is 11.4. The Morgan fingerprint density at radius 2 is 2.36 bits per heavy atom. The molecule has 0 bridgehead atoms. The number of carbonyl (C=O) groups is 1. The molecule has 0 aromatic heterocycles. The van der Waals surface area contributed by atoms with Crippen LogP contribution in [0.5, 0.6) is 0 Å². The van der Waals surface area contributed by atoms with Crippen LogP contribution in [0.4, 0.5) is 0 Å². The van der Waals surface area contributed by atoms with E-state index in [1.165, 1.54) is 19.4 Å². The third-order valence-corrected chi connectivity index (χ3v) is 3.86. The number of carbonyl (C=O) groups excluding carboxylic acids is 1. The molecule has 1 amide bonds. The minimum Gasteiger partial charge on any atom is -0.368 e. The average Bonchev–Trinajstić information content (AvgIpc) is 2.63. The standard InChI is InChI=1S/C10H19N3O/c1-12-10(9(11)14)4-6-13-5-2-3-8(13)7-10/h8,12H,2-7H2,1H3,(H2,11,14). The molecule has 2 rings (SSSR count). The van der Waals surface area contributed by atoms with Gasteiger partial charge in [-0.1, -0.05) is 0 Å². The molecule has 3 N–H and O–H groups in total. The molecule has 2 aliphatic heterocycles. The quantitative estimate of drug-likeness (QED) is 0.638. The SMILES string of the molecule is CNC1(C(N)=O)CCN2CCCC2C1. The van der Waals surface area contributed by atoms with Crippen molar-refractivity contribution >= 4 is 5.91 Å². The van der Waals surface area contributed by atoms with E-state index in [0.29, 0.717) is 6.04 Å². The highest BCUT2D eigenvalue weighted by Gasteiger charge is 2.44. The first-order valence-corrected chi connectivity index (χ1v) is 5.41. The summed E-state index contributed by atoms with van der Waals surface area (Å²) in [5.41, 5.74) is 5.04. The lowest BCUT2D eigenvalue weighted by atomic mass is 9.83. The van der Waals surface area contributed by atoms with Gasteiger partial charge in [-0.3, -0.25) is 4.79 Å². The molecule has 0 aliphatic carbocycles. The maximum Gasteiger partial charge on any atom is 0.237 e. The van der Waals surface area contributed by atoms with Crippen molar-refractivity contribution in [3.8, 4) is 0 Å². The molecule has 4 nitrogen and oxygen atoms in total. The fourth-order valence-electron chi connectivity index (χ4n) is 2.83. The first-order valence-electron chi connectivity index (χ1n) is 5.41. The minimum atomic E-state index is -0.439. The number of likely N-dealkylation sites (N-methyl/N-ethyl adjacent to an activating group) is 1. The molecular weight excluding hydrogens is 178 g/mol. The molecule has 2 saturated heterocycles. The van der Waals surface area contributed by atoms with Gasteiger partial charge in [-0.25, -0.2) is 0 Å². The summed E-state index contributed by atoms with van der Waals surface area (Å²) < 4.78 is 0. The average molecular weight is 197 g/mol. The molecule has 0 aromatic rings. The molecule has 2 atom stereocenters. The minimum absolute atomic E-state index is 0.188. The van der Waals surface area contributed by atoms with E-state index in [-0.39, 0.29) is 5.91 Å². The van der Waals surface area contributed by atoms with Gasteiger partial charge < -0.3 is 16.0 Å². The number of hydrogen-bond acceptors (Lipinski definition) is 3. The van der Waals surface area contributed by atoms with Crippen molar-refractivity contribution in [1.29, 1.82) is 0 Å². The predicted octanol–water partition coefficient (Wildman–Crippen LogP) is -0.312. The third-order valence-electron chi connectivity index (χ3n) is 3.86. The summed E-state index contributed by atoms with van der Waals surface area (Å²) >= 11 is 0. The van der Waals surface area contributed by atoms with Crippen LogP contribution in [-0.2, 0) is 4.79 Å². The molecule has 2 fully saturated rings. The van der Waals surface area contributed by atoms with Crippen LogP contribution in [0.3, 0.4) is 0 Å². The Balaban J connectivity index is 2.11. The highest BCUT2D eigenvalue weighted by Crippen LogP contribution is 2.32. The van der Waals surface area contributed by atoms with Crippen LogP contribution in [0.2, 0.25) is 0 Å². The Kier molecular flexibility index (Phi) is 2.49. The van der Waals surface area contributed by atoms with E-state index in [0.717, 1.165) is 19.4 Å². The zero-order valence-electron chi connectivity index (χ0n) is 8.75. The zero-order chi connectivity index (χ0) is 10.2. The second-order valence-corrected chi connectivity index (χ2v) is 4.48. The van der Waals surface area contributed by atoms with Crippen molar-refractivity contribution in [3.05, 3.63) is 0 Å². The summed E-state index contributed by atoms with van der Waals surface area (Å²) in [6.07, 6.45) is 4.23. The van der Waals surface area contributed by atoms with E-state index < -0.39 is 5.54 Å². The number of primary amides is 1. The monoisotopic (exact) mass is 197 g/mol. The van der Waals surface area contributed by atoms with Crippen molar-refractivity contribution < 1.29 is 4.79 Å². The van der Waals surface area contributed by atoms with Crippen LogP contribution in [0.1, 0.15) is 25.7 Å². The highest BCUT2D eigenvalue weighted by molar-refractivity contribution is 5.84. The highest BCUT2D eigenvalue weighted by atomic mass is 16.1. The number of hydrogen-bond donors (Lipinski definition) is 2. The van der Waals surface area contributed by atoms with Gasteiger partial charge in [-0.15, -0.1) is 0 Å². The molecule has 0 spiro atoms. The van der Waals surface area contributed by atoms with Gasteiger partial charge in [0.25, 0.3) is 0 Å². The lowest BCUT2D eigenvalue weighted by Gasteiger charge is -2.42. The topological polar surface area (TPSA) is 58.4 Å². The molecule has 0 saturated carbocycles. The van der Waals surface area contributed by atoms with Gasteiger partial charge in [0, 0.05) is 12.6 Å². The van der Waals surface area contributed by atoms with E-state index in [4.69, 9.17) is 5.73 Å². The van der Waals surface area contributed by atoms with E-state index >= 15 is 0 Å². The first kappa shape index (κ1) is 9.93. The summed E-state index contributed by atoms with van der Waals surface area (Å²) in [4.78, 5) is 13.9. The summed E-state index contributed by atoms with van der Waals surface area (Å²) in [7, 11) is 1.84. The van der Waals surface area contributed by atoms with Gasteiger partial charge in [0.05, 0.1) is 0 Å². The molecule has 4 heteroatoms. The lowest BCUT2D eigenvalue weighted by Crippen LogP contribution is -2.61. The summed E-state index contributed by atoms with van der Waals surface area (Å²) in [5, 5.41) is 3.13. The zero-order valence-corrected chi connectivity index (χ0v) is 8.75. The van der Waals surface area contributed by atoms with Crippen LogP contribution in [0.15, 0.2) is 0 Å². The van der Waals surface area contributed by atoms with E-state index in [1.54, 1.807) is 0 Å². The van der Waals surface area contributed by atoms with Crippen LogP contribution in [0.25, 0.3) is 0 Å². The van der Waals surface area contributed by atoms with Gasteiger partial charge >= 0.3 is 0 Å². The second-order valence-electron chi connectivity index (χ2n) is 4.48. The Hall–Kier alpha value is -0.610. The number of fused-ring (bicyclic) bond motifs is 1. The molecule has 14 heavy (non-hydrogen) atoms. The fourth-order valence-corrected chi connectivity index (χ4v) is 2.83. The molecular formula is C10H19N3O. The second kappa shape index (κ2) is 3.51. The van der Waals surface area contributed by atoms with Crippen LogP contribution < -0.4 is 11.1 Å². The molecule has 0 aromatic carbocycles. The number of piperidine rings is 1. The maximum atomic E-state index is 11.4. The van der Waals surface area contributed by atoms with Crippen molar-refractivity contribution in [2.75, 3.05) is 20.1 Å². The fraction of sp³-hybridized carbons (Fsp3) is 0.900. The smallest absolute Gasteiger partial charge is 0.237 e. The Labute approximate surface area is 84.8 Å². The van der Waals surface area contributed by atoms with Crippen molar-refractivity contribution in [2.24, 2.45) is 5.73 Å². The predicted molar refractivity (Wildman–Crippen MR) is 54.8 cm³/mol. The van der Waals surface area contributed by atoms with Crippen LogP contribution in [0, 0.1) is 0 Å². The normalized spacial score (nSPS) is 38.2. The third kappa shape index (κ3) is 1.42. The Morgan fingerprint density at radius 3 is 3.00 bits per heavy atom. The summed E-state index contributed by atoms with van der Waals surface area (Å²) in [6, 6.07) is 0.573. The van der Waals surface area contributed by atoms with E-state index in [9.17, 15) is 4.79 Å². The number of amides is 1. The van der Waals surface area contributed by atoms with Crippen molar-refractivity contribution in [2.45, 2.75) is 37.3 Å². The summed E-state index contributed by atoms with van der Waals surface area (Å²) in [6.45, 7) is 2.21. The molecule has 2 aliphatic rings. The van der Waals surface area contributed by atoms with Crippen molar-refractivity contribution in [3.63, 3.8) is 0 Å². The van der Waals surface area contributed by atoms with Gasteiger partial charge in [0.1, 0.15) is 5.54 Å². The molecule has 2 unspecified atom stereocenters. The van der Waals surface area contributed by atoms with E-state index in [1.807, 2.05) is 7.05 Å². The number of nitrogens with one attached hydrogen (secondary N) is 1. The van der Waals surface area contributed by atoms with Crippen LogP contribution in [-0.4, -0.2) is 42.5 Å². The number of rotatable bonds is 2. The first-order chi connectivity index (χ1) is 6.68.